The Morgan fingerprint density at radius 2 is 1.11 bits per heavy atom. The highest BCUT2D eigenvalue weighted by Gasteiger charge is 2.75. The van der Waals surface area contributed by atoms with Crippen LogP contribution in [0.2, 0.25) is 0 Å². The van der Waals surface area contributed by atoms with E-state index in [0.717, 1.165) is 5.57 Å². The van der Waals surface area contributed by atoms with Crippen molar-refractivity contribution in [1.82, 2.24) is 0 Å². The maximum absolute atomic E-state index is 14.8. The van der Waals surface area contributed by atoms with Crippen molar-refractivity contribution in [3.63, 3.8) is 0 Å². The Morgan fingerprint density at radius 1 is 0.548 bits per heavy atom. The van der Waals surface area contributed by atoms with E-state index in [-0.39, 0.29) is 36.4 Å². The van der Waals surface area contributed by atoms with Gasteiger partial charge in [-0.1, -0.05) is 45.8 Å². The van der Waals surface area contributed by atoms with Crippen LogP contribution in [0.3, 0.4) is 0 Å². The van der Waals surface area contributed by atoms with Crippen LogP contribution in [0.5, 0.6) is 0 Å². The zero-order valence-corrected chi connectivity index (χ0v) is 53.3. The molecule has 0 aromatic carbocycles. The van der Waals surface area contributed by atoms with E-state index < -0.39 is 238 Å². The van der Waals surface area contributed by atoms with Gasteiger partial charge >= 0.3 is 0 Å². The van der Waals surface area contributed by atoms with E-state index in [1.54, 1.807) is 0 Å². The molecule has 11 rings (SSSR count). The molecule has 7 heterocycles. The summed E-state index contributed by atoms with van der Waals surface area (Å²) in [6, 6.07) is 0. The third-order valence-electron chi connectivity index (χ3n) is 23.7. The van der Waals surface area contributed by atoms with Gasteiger partial charge in [-0.15, -0.1) is 0 Å². The van der Waals surface area contributed by atoms with E-state index in [1.807, 2.05) is 13.8 Å². The number of hydrogen-bond acceptors (Lipinski definition) is 31. The lowest BCUT2D eigenvalue weighted by molar-refractivity contribution is -0.408. The van der Waals surface area contributed by atoms with E-state index in [0.29, 0.717) is 51.4 Å². The Labute approximate surface area is 537 Å². The number of carbonyl (C=O) groups is 2. The highest BCUT2D eigenvalue weighted by molar-refractivity contribution is 5.94. The lowest BCUT2D eigenvalue weighted by Gasteiger charge is -2.63. The molecule has 7 saturated heterocycles. The number of hydrogen-bond donors (Lipinski definition) is 16. The molecule has 1 spiro atoms. The SMILES string of the molecule is CCC(=O)[C@H]1C[C@@H](C)[C@]2(CC(=O)[C@@]3(C)C4=C(CC[C@@]32C)[C@@]2(C)CC[C@H](O[C@@H]3O[C@H](CO[C@@H]5OC[C@H](O)[C@H](O)[C@H]5O[C@@H]5O[C@H](CO)[C@@H](O)[C@H](O[C@@H]6OC[C@H](O)[C@H](O)[C@H]6O[C@@H]6OC[C@@H](O)[C@H](O)[C@H]6O)[C@H]5O[C@@H]5O[C@@H](C)[C@H](O)[C@@H](O)[C@H]5O)[C@@H](O)[C@H](O)[C@H]3O)[C@](C)(CO)[C@@H]2CC4)O1. The first-order valence-corrected chi connectivity index (χ1v) is 32.8. The molecule has 4 aliphatic carbocycles. The molecule has 93 heavy (non-hydrogen) atoms. The first-order valence-electron chi connectivity index (χ1n) is 32.8. The number of carbonyl (C=O) groups excluding carboxylic acids is 2. The lowest BCUT2D eigenvalue weighted by Crippen LogP contribution is -2.68. The number of rotatable bonds is 17. The second kappa shape index (κ2) is 27.5. The largest absolute Gasteiger partial charge is 0.396 e. The predicted molar refractivity (Wildman–Crippen MR) is 306 cm³/mol. The molecular formula is C62H98O31. The van der Waals surface area contributed by atoms with Crippen molar-refractivity contribution in [2.45, 2.75) is 290 Å². The summed E-state index contributed by atoms with van der Waals surface area (Å²) in [6.07, 6.45) is -46.1. The van der Waals surface area contributed by atoms with Crippen LogP contribution in [0.15, 0.2) is 11.1 Å². The van der Waals surface area contributed by atoms with Crippen molar-refractivity contribution >= 4 is 11.6 Å². The van der Waals surface area contributed by atoms with Crippen LogP contribution in [0, 0.1) is 33.5 Å². The zero-order valence-electron chi connectivity index (χ0n) is 53.3. The zero-order chi connectivity index (χ0) is 67.5. The van der Waals surface area contributed by atoms with Gasteiger partial charge in [0.15, 0.2) is 43.5 Å². The third-order valence-corrected chi connectivity index (χ3v) is 23.7. The van der Waals surface area contributed by atoms with Gasteiger partial charge in [0.25, 0.3) is 0 Å². The maximum Gasteiger partial charge on any atom is 0.187 e. The molecule has 9 fully saturated rings. The van der Waals surface area contributed by atoms with Gasteiger partial charge in [-0.3, -0.25) is 9.59 Å². The monoisotopic (exact) mass is 1340 g/mol. The molecule has 0 unspecified atom stereocenters. The minimum Gasteiger partial charge on any atom is -0.396 e. The molecule has 0 bridgehead atoms. The molecule has 16 N–H and O–H groups in total. The quantitative estimate of drug-likeness (QED) is 0.0605. The van der Waals surface area contributed by atoms with E-state index in [2.05, 4.69) is 27.7 Å². The van der Waals surface area contributed by atoms with Crippen molar-refractivity contribution in [3.8, 4) is 0 Å². The number of ether oxygens (including phenoxy) is 13. The highest BCUT2D eigenvalue weighted by Crippen LogP contribution is 2.74. The number of ketones is 2. The molecule has 36 atom stereocenters. The van der Waals surface area contributed by atoms with Gasteiger partial charge in [0.2, 0.25) is 0 Å². The molecule has 0 aromatic rings. The van der Waals surface area contributed by atoms with Gasteiger partial charge in [0.05, 0.1) is 62.9 Å². The minimum absolute atomic E-state index is 0.0259. The third kappa shape index (κ3) is 12.1. The molecular weight excluding hydrogens is 1240 g/mol. The standard InChI is InChI=1S/C62H98O31/c1-8-27(65)31-15-23(2)62(93-31)16-35(69)61(7)26-9-10-34-58(4,25(26)11-14-60(61,62)6)13-12-36(59(34,5)22-64)88-54-47(80)44(77)41(74)33(87-54)21-84-55-49(39(72)29(67)19-82-55)91-57-51(92-53-46(79)43(76)37(70)24(3)85-53)48(42(75)32(17-63)86-57)89-56-50(40(73)30(68)20-83-56)90-52-45(78)38(71)28(66)18-81-52/h23-24,28-34,36-57,63-64,66-68,70-80H,8-22H2,1-7H3/t23-,24+,28-,29+,30+,31-,32-,33-,34-,36+,37+,38+,39+,40+,41-,42-,43-,44+,45-,46-,47-,48+,49-,50-,51-,52+,53+,54+,55+,56+,57+,58-,59-,60+,61-,62+/m1/s1. The van der Waals surface area contributed by atoms with Crippen LogP contribution in [0.4, 0.5) is 0 Å². The predicted octanol–water partition coefficient (Wildman–Crippen LogP) is -5.34. The van der Waals surface area contributed by atoms with E-state index in [9.17, 15) is 91.3 Å². The van der Waals surface area contributed by atoms with Gasteiger partial charge in [-0.2, -0.15) is 0 Å². The summed E-state index contributed by atoms with van der Waals surface area (Å²) in [6.45, 7) is 9.68. The van der Waals surface area contributed by atoms with Crippen molar-refractivity contribution in [2.24, 2.45) is 33.5 Å². The minimum atomic E-state index is -2.07. The summed E-state index contributed by atoms with van der Waals surface area (Å²) in [5.74, 6) is -0.106. The van der Waals surface area contributed by atoms with Crippen LogP contribution in [-0.2, 0) is 71.2 Å². The summed E-state index contributed by atoms with van der Waals surface area (Å²) in [7, 11) is 0. The first-order chi connectivity index (χ1) is 43.8. The summed E-state index contributed by atoms with van der Waals surface area (Å²) in [4.78, 5) is 27.8. The molecule has 2 saturated carbocycles. The Morgan fingerprint density at radius 3 is 1.75 bits per heavy atom. The number of fused-ring (bicyclic) bond motifs is 5. The smallest absolute Gasteiger partial charge is 0.187 e. The summed E-state index contributed by atoms with van der Waals surface area (Å²) in [5, 5.41) is 177. The Balaban J connectivity index is 0.815. The Bertz CT molecular complexity index is 2660. The van der Waals surface area contributed by atoms with Gasteiger partial charge in [0.1, 0.15) is 134 Å². The molecule has 0 radical (unpaired) electrons. The fourth-order valence-electron chi connectivity index (χ4n) is 17.7. The average Bonchev–Trinajstić information content (AvgIpc) is 1.56. The van der Waals surface area contributed by atoms with Gasteiger partial charge in [-0.05, 0) is 76.0 Å². The van der Waals surface area contributed by atoms with E-state index in [1.165, 1.54) is 12.5 Å². The number of aliphatic hydroxyl groups excluding tert-OH is 16. The van der Waals surface area contributed by atoms with Crippen LogP contribution in [0.1, 0.15) is 106 Å². The summed E-state index contributed by atoms with van der Waals surface area (Å²) < 4.78 is 79.2. The van der Waals surface area contributed by atoms with Gasteiger partial charge < -0.3 is 143 Å². The molecule has 532 valence electrons. The second-order valence-corrected chi connectivity index (χ2v) is 28.7. The molecule has 7 aliphatic heterocycles. The maximum atomic E-state index is 14.8. The molecule has 31 heteroatoms. The van der Waals surface area contributed by atoms with Gasteiger partial charge in [-0.25, -0.2) is 0 Å². The van der Waals surface area contributed by atoms with Crippen molar-refractivity contribution in [1.29, 1.82) is 0 Å². The number of Topliss-reactive ketones (excluding diaryl/α,β-unsaturated/α-hetero) is 2. The summed E-state index contributed by atoms with van der Waals surface area (Å²) in [5.41, 5.74) is -1.48. The highest BCUT2D eigenvalue weighted by atomic mass is 16.8. The Hall–Kier alpha value is -2.08. The second-order valence-electron chi connectivity index (χ2n) is 28.7. The first kappa shape index (κ1) is 72.2. The average molecular weight is 1340 g/mol. The fraction of sp³-hybridized carbons (Fsp3) is 0.935. The van der Waals surface area contributed by atoms with E-state index in [4.69, 9.17) is 61.6 Å². The lowest BCUT2D eigenvalue weighted by atomic mass is 9.42. The van der Waals surface area contributed by atoms with Crippen molar-refractivity contribution in [2.75, 3.05) is 39.6 Å². The van der Waals surface area contributed by atoms with Crippen molar-refractivity contribution in [3.05, 3.63) is 11.1 Å². The summed E-state index contributed by atoms with van der Waals surface area (Å²) >= 11 is 0. The van der Waals surface area contributed by atoms with Crippen LogP contribution in [-0.4, -0.2) is 317 Å². The number of allylic oxidation sites excluding steroid dienone is 2. The number of aliphatic hydroxyl groups is 16. The topological polar surface area (TPSA) is 478 Å². The van der Waals surface area contributed by atoms with Gasteiger partial charge in [0, 0.05) is 23.7 Å². The van der Waals surface area contributed by atoms with Crippen molar-refractivity contribution < 1.29 is 153 Å². The van der Waals surface area contributed by atoms with E-state index >= 15 is 0 Å². The molecule has 0 amide bonds. The molecule has 11 aliphatic rings. The normalized spacial score (nSPS) is 54.4. The molecule has 31 nitrogen and oxygen atoms in total. The fourth-order valence-corrected chi connectivity index (χ4v) is 17.7. The molecule has 0 aromatic heterocycles. The van der Waals surface area contributed by atoms with Crippen LogP contribution in [0.25, 0.3) is 0 Å². The Kier molecular flexibility index (Phi) is 21.3. The van der Waals surface area contributed by atoms with Crippen LogP contribution < -0.4 is 0 Å². The van der Waals surface area contributed by atoms with Crippen LogP contribution >= 0.6 is 0 Å².